The number of hydrogen-bond acceptors (Lipinski definition) is 6. The number of nitrogens with zero attached hydrogens (tertiary/aromatic N) is 4. The Balaban J connectivity index is 0.00000204. The highest BCUT2D eigenvalue weighted by molar-refractivity contribution is 7.59. The van der Waals surface area contributed by atoms with Gasteiger partial charge in [-0.25, -0.2) is 9.18 Å². The second-order valence-corrected chi connectivity index (χ2v) is 8.75. The van der Waals surface area contributed by atoms with E-state index in [1.807, 2.05) is 19.2 Å². The molecule has 2 N–H and O–H groups in total. The van der Waals surface area contributed by atoms with E-state index >= 15 is 0 Å². The van der Waals surface area contributed by atoms with E-state index in [0.29, 0.717) is 16.6 Å². The number of alkyl halides is 1. The summed E-state index contributed by atoms with van der Waals surface area (Å²) in [7, 11) is 0. The molecule has 12 heteroatoms. The largest absolute Gasteiger partial charge is 0.444 e. The van der Waals surface area contributed by atoms with Crippen LogP contribution in [-0.2, 0) is 16.1 Å². The topological polar surface area (TPSA) is 111 Å². The number of halogens is 1. The minimum absolute atomic E-state index is 0. The molecule has 1 fully saturated rings. The third-order valence-electron chi connectivity index (χ3n) is 4.92. The fourth-order valence-electron chi connectivity index (χ4n) is 3.23. The molecule has 184 valence electrons. The number of carbonyl (C=O) groups is 2. The number of nitrogens with one attached hydrogen (secondary N) is 2. The van der Waals surface area contributed by atoms with Gasteiger partial charge < -0.3 is 10.1 Å². The summed E-state index contributed by atoms with van der Waals surface area (Å²) < 4.78 is 20.4. The van der Waals surface area contributed by atoms with Crippen LogP contribution in [-0.4, -0.2) is 43.8 Å². The van der Waals surface area contributed by atoms with E-state index in [-0.39, 0.29) is 39.2 Å². The lowest BCUT2D eigenvalue weighted by Gasteiger charge is -2.20. The summed E-state index contributed by atoms with van der Waals surface area (Å²) in [6.45, 7) is 8.03. The van der Waals surface area contributed by atoms with Crippen molar-refractivity contribution in [3.8, 4) is 11.1 Å². The van der Waals surface area contributed by atoms with Gasteiger partial charge in [-0.3, -0.25) is 14.8 Å². The number of aromatic nitrogens is 4. The zero-order valence-corrected chi connectivity index (χ0v) is 21.3. The molecule has 0 bridgehead atoms. The highest BCUT2D eigenvalue weighted by Crippen LogP contribution is 2.35. The molecule has 2 atom stereocenters. The third-order valence-corrected chi connectivity index (χ3v) is 4.92. The van der Waals surface area contributed by atoms with Gasteiger partial charge in [0.25, 0.3) is 0 Å². The maximum Gasteiger partial charge on any atom is 0.412 e. The molecule has 9 nitrogen and oxygen atoms in total. The van der Waals surface area contributed by atoms with E-state index in [1.54, 1.807) is 43.8 Å². The summed E-state index contributed by atoms with van der Waals surface area (Å²) in [5, 5.41) is 18.5. The van der Waals surface area contributed by atoms with E-state index < -0.39 is 29.7 Å². The van der Waals surface area contributed by atoms with Gasteiger partial charge in [0.2, 0.25) is 5.91 Å². The summed E-state index contributed by atoms with van der Waals surface area (Å²) in [5.41, 5.74) is 1.81. The second kappa shape index (κ2) is 10.6. The molecule has 34 heavy (non-hydrogen) atoms. The Bertz CT molecular complexity index is 1200. The molecular weight excluding hydrogens is 479 g/mol. The Morgan fingerprint density at radius 2 is 1.85 bits per heavy atom. The normalized spacial score (nSPS) is 16.7. The smallest absolute Gasteiger partial charge is 0.412 e. The average Bonchev–Trinajstić information content (AvgIpc) is 3.25. The van der Waals surface area contributed by atoms with Gasteiger partial charge >= 0.3 is 6.09 Å². The quantitative estimate of drug-likeness (QED) is 0.529. The summed E-state index contributed by atoms with van der Waals surface area (Å²) in [6, 6.07) is 5.28. The number of anilines is 2. The van der Waals surface area contributed by atoms with Crippen LogP contribution in [0.2, 0.25) is 0 Å². The van der Waals surface area contributed by atoms with Crippen molar-refractivity contribution in [3.05, 3.63) is 30.6 Å². The number of carbonyl (C=O) groups excluding carboxylic acids is 2. The highest BCUT2D eigenvalue weighted by Gasteiger charge is 2.43. The summed E-state index contributed by atoms with van der Waals surface area (Å²) >= 11 is 0. The van der Waals surface area contributed by atoms with Gasteiger partial charge in [-0.2, -0.15) is 32.1 Å². The second-order valence-electron chi connectivity index (χ2n) is 8.75. The summed E-state index contributed by atoms with van der Waals surface area (Å²) in [4.78, 5) is 24.5. The number of hydrogen-bond donors (Lipinski definition) is 2. The molecule has 0 aliphatic heterocycles. The number of aryl methyl sites for hydroxylation is 1. The molecule has 0 spiro atoms. The molecule has 2 amide bonds. The number of rotatable bonds is 5. The summed E-state index contributed by atoms with van der Waals surface area (Å²) in [5.74, 6) is -0.840. The van der Waals surface area contributed by atoms with E-state index in [1.165, 1.54) is 0 Å². The highest BCUT2D eigenvalue weighted by atomic mass is 32.1. The average molecular weight is 509 g/mol. The van der Waals surface area contributed by atoms with Gasteiger partial charge in [0.05, 0.1) is 17.8 Å². The first-order valence-corrected chi connectivity index (χ1v) is 10.4. The van der Waals surface area contributed by atoms with Crippen LogP contribution < -0.4 is 10.6 Å². The van der Waals surface area contributed by atoms with E-state index in [4.69, 9.17) is 4.74 Å². The molecule has 3 aromatic rings. The van der Waals surface area contributed by atoms with E-state index in [9.17, 15) is 14.0 Å². The van der Waals surface area contributed by atoms with Crippen molar-refractivity contribution in [2.75, 3.05) is 10.6 Å². The Morgan fingerprint density at radius 1 is 1.15 bits per heavy atom. The minimum atomic E-state index is -1.10. The molecular formula is C22H29FN6O3S2. The van der Waals surface area contributed by atoms with Crippen molar-refractivity contribution in [1.82, 2.24) is 20.0 Å². The molecule has 4 rings (SSSR count). The Kier molecular flexibility index (Phi) is 8.54. The Morgan fingerprint density at radius 3 is 2.44 bits per heavy atom. The fraction of sp³-hybridized carbons (Fsp3) is 0.409. The van der Waals surface area contributed by atoms with Crippen LogP contribution in [0.1, 0.15) is 34.1 Å². The predicted molar refractivity (Wildman–Crippen MR) is 139 cm³/mol. The monoisotopic (exact) mass is 508 g/mol. The van der Waals surface area contributed by atoms with Crippen LogP contribution in [0.4, 0.5) is 20.7 Å². The SMILES string of the molecule is CCn1cc(-c2cc(NC(=O)OC(C)(C)C)c3nnc(NC(=O)[C@@H]4C[C@@H]4F)cc3c2)cn1.S.S. The molecule has 2 heterocycles. The van der Waals surface area contributed by atoms with Crippen LogP contribution in [0.15, 0.2) is 30.6 Å². The van der Waals surface area contributed by atoms with Gasteiger partial charge in [0, 0.05) is 23.7 Å². The predicted octanol–water partition coefficient (Wildman–Crippen LogP) is 4.38. The molecule has 1 aliphatic rings. The number of amides is 2. The van der Waals surface area contributed by atoms with Crippen molar-refractivity contribution < 1.29 is 18.7 Å². The van der Waals surface area contributed by atoms with Gasteiger partial charge in [-0.1, -0.05) is 0 Å². The zero-order chi connectivity index (χ0) is 23.0. The van der Waals surface area contributed by atoms with Crippen LogP contribution in [0, 0.1) is 5.92 Å². The van der Waals surface area contributed by atoms with Crippen LogP contribution in [0.3, 0.4) is 0 Å². The molecule has 1 aliphatic carbocycles. The van der Waals surface area contributed by atoms with E-state index in [2.05, 4.69) is 25.9 Å². The lowest BCUT2D eigenvalue weighted by atomic mass is 10.0. The molecule has 1 aromatic carbocycles. The van der Waals surface area contributed by atoms with Crippen LogP contribution in [0.25, 0.3) is 22.0 Å². The zero-order valence-electron chi connectivity index (χ0n) is 19.3. The number of ether oxygens (including phenoxy) is 1. The Hall–Kier alpha value is -2.86. The molecule has 0 radical (unpaired) electrons. The van der Waals surface area contributed by atoms with Gasteiger partial charge in [-0.15, -0.1) is 10.2 Å². The van der Waals surface area contributed by atoms with Gasteiger partial charge in [0.15, 0.2) is 5.82 Å². The van der Waals surface area contributed by atoms with Crippen molar-refractivity contribution in [2.24, 2.45) is 5.92 Å². The first-order valence-electron chi connectivity index (χ1n) is 10.4. The maximum atomic E-state index is 13.2. The standard InChI is InChI=1S/C22H25FN6O3.2H2S/c1-5-29-11-14(10-24-29)12-6-13-8-18(26-20(30)15-9-16(15)23)27-28-19(13)17(7-12)25-21(31)32-22(2,3)4;;/h6-8,10-11,15-16H,5,9H2,1-4H3,(H,25,31)(H,26,27,30);2*1H2/t15-,16+;;/m1../s1. The molecule has 0 unspecified atom stereocenters. The first kappa shape index (κ1) is 27.4. The summed E-state index contributed by atoms with van der Waals surface area (Å²) in [6.07, 6.45) is 2.12. The number of benzene rings is 1. The minimum Gasteiger partial charge on any atom is -0.444 e. The van der Waals surface area contributed by atoms with Gasteiger partial charge in [-0.05, 0) is 57.9 Å². The third kappa shape index (κ3) is 6.38. The van der Waals surface area contributed by atoms with E-state index in [0.717, 1.165) is 17.7 Å². The Labute approximate surface area is 210 Å². The van der Waals surface area contributed by atoms with Crippen molar-refractivity contribution >= 4 is 61.4 Å². The molecule has 0 saturated heterocycles. The van der Waals surface area contributed by atoms with Crippen molar-refractivity contribution in [3.63, 3.8) is 0 Å². The lowest BCUT2D eigenvalue weighted by Crippen LogP contribution is -2.27. The number of fused-ring (bicyclic) bond motifs is 1. The van der Waals surface area contributed by atoms with Crippen LogP contribution in [0.5, 0.6) is 0 Å². The van der Waals surface area contributed by atoms with Crippen molar-refractivity contribution in [2.45, 2.75) is 52.4 Å². The maximum absolute atomic E-state index is 13.2. The molecule has 2 aromatic heterocycles. The lowest BCUT2D eigenvalue weighted by molar-refractivity contribution is -0.117. The first-order chi connectivity index (χ1) is 15.1. The van der Waals surface area contributed by atoms with Crippen molar-refractivity contribution in [1.29, 1.82) is 0 Å². The fourth-order valence-corrected chi connectivity index (χ4v) is 3.23. The van der Waals surface area contributed by atoms with Gasteiger partial charge in [0.1, 0.15) is 17.3 Å². The molecule has 1 saturated carbocycles. The van der Waals surface area contributed by atoms with Crippen LogP contribution >= 0.6 is 27.0 Å².